The van der Waals surface area contributed by atoms with Gasteiger partial charge < -0.3 is 0 Å². The van der Waals surface area contributed by atoms with Crippen molar-refractivity contribution in [2.24, 2.45) is 0 Å². The summed E-state index contributed by atoms with van der Waals surface area (Å²) in [5, 5.41) is 9.10. The van der Waals surface area contributed by atoms with E-state index in [-0.39, 0.29) is 16.9 Å². The molecule has 0 aliphatic rings. The molecule has 1 unspecified atom stereocenters. The van der Waals surface area contributed by atoms with E-state index in [9.17, 15) is 8.78 Å². The Morgan fingerprint density at radius 3 is 2.52 bits per heavy atom. The molecule has 0 bridgehead atoms. The minimum absolute atomic E-state index is 0.0434. The van der Waals surface area contributed by atoms with Crippen molar-refractivity contribution in [3.8, 4) is 11.4 Å². The van der Waals surface area contributed by atoms with E-state index in [1.54, 1.807) is 36.4 Å². The lowest BCUT2D eigenvalue weighted by molar-refractivity contribution is 0.626. The SMILES string of the molecule is C=CCn1c(SC(C)c2ccc(F)cc2)nnc1-c1ccccc1F. The van der Waals surface area contributed by atoms with Gasteiger partial charge in [-0.15, -0.1) is 16.8 Å². The van der Waals surface area contributed by atoms with Crippen LogP contribution in [0.1, 0.15) is 17.7 Å². The fourth-order valence-corrected chi connectivity index (χ4v) is 3.46. The van der Waals surface area contributed by atoms with E-state index >= 15 is 0 Å². The van der Waals surface area contributed by atoms with E-state index in [1.165, 1.54) is 30.0 Å². The largest absolute Gasteiger partial charge is 0.298 e. The Morgan fingerprint density at radius 1 is 1.12 bits per heavy atom. The van der Waals surface area contributed by atoms with Gasteiger partial charge in [0.1, 0.15) is 11.6 Å². The summed E-state index contributed by atoms with van der Waals surface area (Å²) >= 11 is 1.49. The molecular weight excluding hydrogens is 340 g/mol. The van der Waals surface area contributed by atoms with Crippen molar-refractivity contribution >= 4 is 11.8 Å². The first-order valence-electron chi connectivity index (χ1n) is 7.81. The van der Waals surface area contributed by atoms with Crippen molar-refractivity contribution in [1.82, 2.24) is 14.8 Å². The molecule has 6 heteroatoms. The maximum absolute atomic E-state index is 14.1. The Labute approximate surface area is 149 Å². The molecule has 0 aliphatic heterocycles. The molecule has 0 amide bonds. The molecule has 25 heavy (non-hydrogen) atoms. The Morgan fingerprint density at radius 2 is 1.84 bits per heavy atom. The van der Waals surface area contributed by atoms with Gasteiger partial charge in [0, 0.05) is 11.8 Å². The maximum atomic E-state index is 14.1. The normalized spacial score (nSPS) is 12.1. The van der Waals surface area contributed by atoms with E-state index in [2.05, 4.69) is 16.8 Å². The fraction of sp³-hybridized carbons (Fsp3) is 0.158. The number of halogens is 2. The zero-order valence-corrected chi connectivity index (χ0v) is 14.5. The number of aromatic nitrogens is 3. The van der Waals surface area contributed by atoms with Crippen molar-refractivity contribution in [3.63, 3.8) is 0 Å². The van der Waals surface area contributed by atoms with Crippen LogP contribution in [0, 0.1) is 11.6 Å². The van der Waals surface area contributed by atoms with Gasteiger partial charge in [-0.25, -0.2) is 8.78 Å². The van der Waals surface area contributed by atoms with E-state index in [0.29, 0.717) is 23.1 Å². The highest BCUT2D eigenvalue weighted by Crippen LogP contribution is 2.35. The lowest BCUT2D eigenvalue weighted by Gasteiger charge is -2.13. The van der Waals surface area contributed by atoms with Crippen molar-refractivity contribution in [2.75, 3.05) is 0 Å². The summed E-state index contributed by atoms with van der Waals surface area (Å²) in [4.78, 5) is 0. The van der Waals surface area contributed by atoms with Gasteiger partial charge in [0.05, 0.1) is 5.56 Å². The molecule has 1 heterocycles. The maximum Gasteiger partial charge on any atom is 0.192 e. The van der Waals surface area contributed by atoms with Crippen molar-refractivity contribution in [2.45, 2.75) is 23.9 Å². The average Bonchev–Trinajstić information content (AvgIpc) is 2.99. The number of benzene rings is 2. The third-order valence-electron chi connectivity index (χ3n) is 3.76. The smallest absolute Gasteiger partial charge is 0.192 e. The van der Waals surface area contributed by atoms with Crippen LogP contribution in [0.25, 0.3) is 11.4 Å². The summed E-state index contributed by atoms with van der Waals surface area (Å²) in [6.45, 7) is 6.23. The molecule has 1 aromatic heterocycles. The predicted octanol–water partition coefficient (Wildman–Crippen LogP) is 5.26. The minimum Gasteiger partial charge on any atom is -0.298 e. The number of hydrogen-bond donors (Lipinski definition) is 0. The second-order valence-corrected chi connectivity index (χ2v) is 6.80. The van der Waals surface area contributed by atoms with Crippen LogP contribution in [0.5, 0.6) is 0 Å². The molecule has 0 fully saturated rings. The molecule has 0 radical (unpaired) electrons. The summed E-state index contributed by atoms with van der Waals surface area (Å²) in [5.74, 6) is -0.146. The van der Waals surface area contributed by atoms with Gasteiger partial charge in [0.2, 0.25) is 0 Å². The molecule has 2 aromatic carbocycles. The van der Waals surface area contributed by atoms with Crippen LogP contribution in [0.4, 0.5) is 8.78 Å². The van der Waals surface area contributed by atoms with Crippen molar-refractivity contribution in [1.29, 1.82) is 0 Å². The van der Waals surface area contributed by atoms with E-state index in [4.69, 9.17) is 0 Å². The number of allylic oxidation sites excluding steroid dienone is 1. The Hall–Kier alpha value is -2.47. The Kier molecular flexibility index (Phi) is 5.28. The van der Waals surface area contributed by atoms with Crippen LogP contribution in [-0.4, -0.2) is 14.8 Å². The molecular formula is C19H17F2N3S. The van der Waals surface area contributed by atoms with Crippen molar-refractivity contribution < 1.29 is 8.78 Å². The summed E-state index contributed by atoms with van der Waals surface area (Å²) < 4.78 is 29.0. The molecule has 0 N–H and O–H groups in total. The molecule has 0 saturated carbocycles. The van der Waals surface area contributed by atoms with Crippen LogP contribution in [0.15, 0.2) is 66.3 Å². The molecule has 3 aromatic rings. The Balaban J connectivity index is 1.93. The van der Waals surface area contributed by atoms with Gasteiger partial charge in [0.25, 0.3) is 0 Å². The summed E-state index contributed by atoms with van der Waals surface area (Å²) in [7, 11) is 0. The fourth-order valence-electron chi connectivity index (χ4n) is 2.47. The third kappa shape index (κ3) is 3.79. The zero-order valence-electron chi connectivity index (χ0n) is 13.7. The topological polar surface area (TPSA) is 30.7 Å². The molecule has 3 rings (SSSR count). The first kappa shape index (κ1) is 17.4. The van der Waals surface area contributed by atoms with Gasteiger partial charge in [-0.1, -0.05) is 42.1 Å². The second-order valence-electron chi connectivity index (χ2n) is 5.50. The van der Waals surface area contributed by atoms with Crippen LogP contribution in [-0.2, 0) is 6.54 Å². The van der Waals surface area contributed by atoms with E-state index < -0.39 is 0 Å². The van der Waals surface area contributed by atoms with Gasteiger partial charge in [-0.2, -0.15) is 0 Å². The first-order chi connectivity index (χ1) is 12.1. The number of nitrogens with zero attached hydrogens (tertiary/aromatic N) is 3. The van der Waals surface area contributed by atoms with Gasteiger partial charge in [-0.05, 0) is 36.8 Å². The molecule has 128 valence electrons. The van der Waals surface area contributed by atoms with Crippen LogP contribution < -0.4 is 0 Å². The molecule has 3 nitrogen and oxygen atoms in total. The predicted molar refractivity (Wildman–Crippen MR) is 96.3 cm³/mol. The summed E-state index contributed by atoms with van der Waals surface area (Å²) in [5.41, 5.74) is 1.38. The van der Waals surface area contributed by atoms with Crippen molar-refractivity contribution in [3.05, 3.63) is 78.4 Å². The first-order valence-corrected chi connectivity index (χ1v) is 8.69. The van der Waals surface area contributed by atoms with E-state index in [0.717, 1.165) is 5.56 Å². The highest BCUT2D eigenvalue weighted by atomic mass is 32.2. The monoisotopic (exact) mass is 357 g/mol. The quantitative estimate of drug-likeness (QED) is 0.445. The van der Waals surface area contributed by atoms with Crippen LogP contribution in [0.3, 0.4) is 0 Å². The van der Waals surface area contributed by atoms with Crippen LogP contribution >= 0.6 is 11.8 Å². The molecule has 0 aliphatic carbocycles. The molecule has 0 saturated heterocycles. The molecule has 1 atom stereocenters. The lowest BCUT2D eigenvalue weighted by atomic mass is 10.2. The zero-order chi connectivity index (χ0) is 17.8. The highest BCUT2D eigenvalue weighted by Gasteiger charge is 2.18. The second kappa shape index (κ2) is 7.61. The highest BCUT2D eigenvalue weighted by molar-refractivity contribution is 7.99. The van der Waals surface area contributed by atoms with Gasteiger partial charge in [-0.3, -0.25) is 4.57 Å². The number of hydrogen-bond acceptors (Lipinski definition) is 3. The number of thioether (sulfide) groups is 1. The molecule has 0 spiro atoms. The standard InChI is InChI=1S/C19H17F2N3S/c1-3-12-24-18(16-6-4-5-7-17(16)21)22-23-19(24)25-13(2)14-8-10-15(20)11-9-14/h3-11,13H,1,12H2,2H3. The van der Waals surface area contributed by atoms with Crippen LogP contribution in [0.2, 0.25) is 0 Å². The lowest BCUT2D eigenvalue weighted by Crippen LogP contribution is -2.02. The van der Waals surface area contributed by atoms with Gasteiger partial charge in [0.15, 0.2) is 11.0 Å². The minimum atomic E-state index is -0.344. The average molecular weight is 357 g/mol. The third-order valence-corrected chi connectivity index (χ3v) is 4.90. The van der Waals surface area contributed by atoms with E-state index in [1.807, 2.05) is 11.5 Å². The summed E-state index contributed by atoms with van der Waals surface area (Å²) in [6, 6.07) is 12.8. The summed E-state index contributed by atoms with van der Waals surface area (Å²) in [6.07, 6.45) is 1.72. The van der Waals surface area contributed by atoms with Gasteiger partial charge >= 0.3 is 0 Å². The Bertz CT molecular complexity index is 875. The number of rotatable bonds is 6.